The summed E-state index contributed by atoms with van der Waals surface area (Å²) >= 11 is 11.7. The maximum Gasteiger partial charge on any atom is 0.344 e. The summed E-state index contributed by atoms with van der Waals surface area (Å²) in [4.78, 5) is 11.6. The average Bonchev–Trinajstić information content (AvgIpc) is 2.42. The zero-order valence-electron chi connectivity index (χ0n) is 12.2. The monoisotopic (exact) mass is 334 g/mol. The Morgan fingerprint density at radius 3 is 2.76 bits per heavy atom. The van der Waals surface area contributed by atoms with E-state index >= 15 is 0 Å². The SMILES string of the molecule is CCCCOC[C@@H](C)OC(=O)COc1ccc(Cl)cc1Cl. The number of rotatable bonds is 9. The standard InChI is InChI=1S/C15H20Cl2O4/c1-3-4-7-19-9-11(2)21-15(18)10-20-14-6-5-12(16)8-13(14)17/h5-6,8,11H,3-4,7,9-10H2,1-2H3/t11-/m1/s1. The van der Waals surface area contributed by atoms with Crippen molar-refractivity contribution in [3.8, 4) is 5.75 Å². The quantitative estimate of drug-likeness (QED) is 0.503. The van der Waals surface area contributed by atoms with E-state index in [0.717, 1.165) is 12.8 Å². The maximum absolute atomic E-state index is 11.6. The molecule has 21 heavy (non-hydrogen) atoms. The molecule has 1 aromatic rings. The maximum atomic E-state index is 11.6. The van der Waals surface area contributed by atoms with Crippen LogP contribution in [0.4, 0.5) is 0 Å². The van der Waals surface area contributed by atoms with E-state index in [2.05, 4.69) is 6.92 Å². The number of unbranched alkanes of at least 4 members (excludes halogenated alkanes) is 1. The molecule has 118 valence electrons. The molecule has 1 atom stereocenters. The van der Waals surface area contributed by atoms with Crippen molar-refractivity contribution in [2.45, 2.75) is 32.8 Å². The Morgan fingerprint density at radius 2 is 2.10 bits per heavy atom. The second-order valence-electron chi connectivity index (χ2n) is 4.59. The van der Waals surface area contributed by atoms with E-state index in [1.54, 1.807) is 25.1 Å². The van der Waals surface area contributed by atoms with Crippen LogP contribution in [0.25, 0.3) is 0 Å². The van der Waals surface area contributed by atoms with Gasteiger partial charge in [0.05, 0.1) is 11.6 Å². The summed E-state index contributed by atoms with van der Waals surface area (Å²) in [7, 11) is 0. The second-order valence-corrected chi connectivity index (χ2v) is 5.44. The van der Waals surface area contributed by atoms with Gasteiger partial charge in [0.15, 0.2) is 6.61 Å². The molecule has 0 unspecified atom stereocenters. The number of carbonyl (C=O) groups is 1. The number of benzene rings is 1. The van der Waals surface area contributed by atoms with Crippen molar-refractivity contribution in [3.05, 3.63) is 28.2 Å². The molecule has 1 rings (SSSR count). The molecule has 0 saturated heterocycles. The number of ether oxygens (including phenoxy) is 3. The van der Waals surface area contributed by atoms with Gasteiger partial charge in [0.1, 0.15) is 11.9 Å². The Labute approximate surface area is 135 Å². The van der Waals surface area contributed by atoms with Gasteiger partial charge in [-0.3, -0.25) is 0 Å². The number of halogens is 2. The van der Waals surface area contributed by atoms with Gasteiger partial charge >= 0.3 is 5.97 Å². The first-order valence-electron chi connectivity index (χ1n) is 6.88. The highest BCUT2D eigenvalue weighted by Gasteiger charge is 2.11. The largest absolute Gasteiger partial charge is 0.480 e. The lowest BCUT2D eigenvalue weighted by Crippen LogP contribution is -2.24. The van der Waals surface area contributed by atoms with E-state index in [1.807, 2.05) is 0 Å². The topological polar surface area (TPSA) is 44.8 Å². The molecular weight excluding hydrogens is 315 g/mol. The summed E-state index contributed by atoms with van der Waals surface area (Å²) in [5.41, 5.74) is 0. The molecule has 0 radical (unpaired) electrons. The van der Waals surface area contributed by atoms with Crippen LogP contribution >= 0.6 is 23.2 Å². The molecule has 0 aromatic heterocycles. The molecule has 0 saturated carbocycles. The van der Waals surface area contributed by atoms with Gasteiger partial charge in [-0.1, -0.05) is 36.5 Å². The highest BCUT2D eigenvalue weighted by molar-refractivity contribution is 6.35. The lowest BCUT2D eigenvalue weighted by atomic mass is 10.3. The Hall–Kier alpha value is -0.970. The van der Waals surface area contributed by atoms with Crippen molar-refractivity contribution in [2.24, 2.45) is 0 Å². The summed E-state index contributed by atoms with van der Waals surface area (Å²) in [6, 6.07) is 4.79. The fourth-order valence-corrected chi connectivity index (χ4v) is 1.98. The Bertz CT molecular complexity index is 451. The highest BCUT2D eigenvalue weighted by atomic mass is 35.5. The van der Waals surface area contributed by atoms with Crippen LogP contribution in [-0.2, 0) is 14.3 Å². The van der Waals surface area contributed by atoms with Crippen LogP contribution in [0.15, 0.2) is 18.2 Å². The van der Waals surface area contributed by atoms with Crippen molar-refractivity contribution in [3.63, 3.8) is 0 Å². The number of esters is 1. The van der Waals surface area contributed by atoms with Crippen molar-refractivity contribution in [2.75, 3.05) is 19.8 Å². The molecule has 0 aliphatic rings. The van der Waals surface area contributed by atoms with Gasteiger partial charge in [0.25, 0.3) is 0 Å². The van der Waals surface area contributed by atoms with Gasteiger partial charge < -0.3 is 14.2 Å². The molecule has 0 spiro atoms. The molecule has 0 heterocycles. The molecule has 0 fully saturated rings. The molecule has 0 bridgehead atoms. The Balaban J connectivity index is 2.27. The zero-order valence-corrected chi connectivity index (χ0v) is 13.7. The third-order valence-corrected chi connectivity index (χ3v) is 3.10. The third-order valence-electron chi connectivity index (χ3n) is 2.57. The van der Waals surface area contributed by atoms with Crippen LogP contribution in [-0.4, -0.2) is 31.9 Å². The van der Waals surface area contributed by atoms with E-state index in [-0.39, 0.29) is 12.7 Å². The first-order valence-corrected chi connectivity index (χ1v) is 7.63. The molecule has 6 heteroatoms. The van der Waals surface area contributed by atoms with Crippen LogP contribution in [0.5, 0.6) is 5.75 Å². The van der Waals surface area contributed by atoms with Crippen molar-refractivity contribution < 1.29 is 19.0 Å². The molecule has 1 aromatic carbocycles. The van der Waals surface area contributed by atoms with E-state index in [4.69, 9.17) is 37.4 Å². The predicted octanol–water partition coefficient (Wildman–Crippen LogP) is 4.12. The highest BCUT2D eigenvalue weighted by Crippen LogP contribution is 2.27. The fourth-order valence-electron chi connectivity index (χ4n) is 1.52. The smallest absolute Gasteiger partial charge is 0.344 e. The molecular formula is C15H20Cl2O4. The zero-order chi connectivity index (χ0) is 15.7. The van der Waals surface area contributed by atoms with E-state index < -0.39 is 5.97 Å². The van der Waals surface area contributed by atoms with Crippen LogP contribution in [0.1, 0.15) is 26.7 Å². The fraction of sp³-hybridized carbons (Fsp3) is 0.533. The van der Waals surface area contributed by atoms with Crippen molar-refractivity contribution >= 4 is 29.2 Å². The Morgan fingerprint density at radius 1 is 1.33 bits per heavy atom. The van der Waals surface area contributed by atoms with E-state index in [0.29, 0.717) is 29.0 Å². The lowest BCUT2D eigenvalue weighted by Gasteiger charge is -2.14. The number of hydrogen-bond acceptors (Lipinski definition) is 4. The predicted molar refractivity (Wildman–Crippen MR) is 83.2 cm³/mol. The number of hydrogen-bond donors (Lipinski definition) is 0. The van der Waals surface area contributed by atoms with Gasteiger partial charge in [-0.05, 0) is 31.5 Å². The minimum absolute atomic E-state index is 0.208. The summed E-state index contributed by atoms with van der Waals surface area (Å²) in [5, 5.41) is 0.860. The Kier molecular flexibility index (Phi) is 8.50. The molecule has 0 amide bonds. The molecule has 0 aliphatic heterocycles. The second kappa shape index (κ2) is 9.87. The van der Waals surface area contributed by atoms with Crippen LogP contribution in [0.2, 0.25) is 10.0 Å². The third kappa shape index (κ3) is 7.55. The van der Waals surface area contributed by atoms with Crippen LogP contribution < -0.4 is 4.74 Å². The van der Waals surface area contributed by atoms with E-state index in [9.17, 15) is 4.79 Å². The van der Waals surface area contributed by atoms with Gasteiger partial charge in [-0.15, -0.1) is 0 Å². The minimum atomic E-state index is -0.465. The van der Waals surface area contributed by atoms with Crippen molar-refractivity contribution in [1.82, 2.24) is 0 Å². The van der Waals surface area contributed by atoms with Gasteiger partial charge in [0.2, 0.25) is 0 Å². The van der Waals surface area contributed by atoms with Crippen molar-refractivity contribution in [1.29, 1.82) is 0 Å². The summed E-state index contributed by atoms with van der Waals surface area (Å²) in [6.45, 7) is 4.72. The van der Waals surface area contributed by atoms with Crippen LogP contribution in [0, 0.1) is 0 Å². The van der Waals surface area contributed by atoms with Gasteiger partial charge in [0, 0.05) is 11.6 Å². The first-order chi connectivity index (χ1) is 10.0. The summed E-state index contributed by atoms with van der Waals surface area (Å²) in [6.07, 6.45) is 1.77. The summed E-state index contributed by atoms with van der Waals surface area (Å²) < 4.78 is 15.8. The summed E-state index contributed by atoms with van der Waals surface area (Å²) in [5.74, 6) is -0.0718. The number of carbonyl (C=O) groups excluding carboxylic acids is 1. The minimum Gasteiger partial charge on any atom is -0.480 e. The molecule has 4 nitrogen and oxygen atoms in total. The lowest BCUT2D eigenvalue weighted by molar-refractivity contribution is -0.153. The normalized spacial score (nSPS) is 12.0. The van der Waals surface area contributed by atoms with Crippen LogP contribution in [0.3, 0.4) is 0 Å². The molecule has 0 N–H and O–H groups in total. The average molecular weight is 335 g/mol. The van der Waals surface area contributed by atoms with E-state index in [1.165, 1.54) is 0 Å². The first kappa shape index (κ1) is 18.1. The van der Waals surface area contributed by atoms with Gasteiger partial charge in [-0.2, -0.15) is 0 Å². The molecule has 0 aliphatic carbocycles. The van der Waals surface area contributed by atoms with Gasteiger partial charge in [-0.25, -0.2) is 4.79 Å².